The molecule has 17 heavy (non-hydrogen) atoms. The van der Waals surface area contributed by atoms with Gasteiger partial charge in [-0.05, 0) is 32.6 Å². The number of ether oxygens (including phenoxy) is 1. The first-order valence-electron chi connectivity index (χ1n) is 7.09. The van der Waals surface area contributed by atoms with Crippen molar-refractivity contribution in [3.63, 3.8) is 0 Å². The molecule has 0 aromatic heterocycles. The second-order valence-corrected chi connectivity index (χ2v) is 6.54. The van der Waals surface area contributed by atoms with E-state index in [1.165, 1.54) is 19.4 Å². The second kappa shape index (κ2) is 5.25. The van der Waals surface area contributed by atoms with Gasteiger partial charge in [-0.15, -0.1) is 0 Å². The molecule has 1 N–H and O–H groups in total. The Labute approximate surface area is 106 Å². The quantitative estimate of drug-likeness (QED) is 0.815. The van der Waals surface area contributed by atoms with Gasteiger partial charge < -0.3 is 10.1 Å². The summed E-state index contributed by atoms with van der Waals surface area (Å²) >= 11 is 0. The Morgan fingerprint density at radius 3 is 2.82 bits per heavy atom. The van der Waals surface area contributed by atoms with Gasteiger partial charge in [-0.3, -0.25) is 4.90 Å². The van der Waals surface area contributed by atoms with Crippen LogP contribution in [-0.4, -0.2) is 48.8 Å². The van der Waals surface area contributed by atoms with E-state index >= 15 is 0 Å². The zero-order valence-corrected chi connectivity index (χ0v) is 11.8. The number of hydrogen-bond acceptors (Lipinski definition) is 3. The summed E-state index contributed by atoms with van der Waals surface area (Å²) < 4.78 is 5.62. The van der Waals surface area contributed by atoms with Crippen LogP contribution < -0.4 is 5.32 Å². The third-order valence-corrected chi connectivity index (χ3v) is 4.30. The van der Waals surface area contributed by atoms with Crippen molar-refractivity contribution in [3.8, 4) is 0 Å². The van der Waals surface area contributed by atoms with E-state index in [4.69, 9.17) is 4.74 Å². The topological polar surface area (TPSA) is 24.5 Å². The molecule has 3 nitrogen and oxygen atoms in total. The number of nitrogens with zero attached hydrogens (tertiary/aromatic N) is 1. The van der Waals surface area contributed by atoms with Gasteiger partial charge in [0.05, 0.1) is 6.61 Å². The van der Waals surface area contributed by atoms with Crippen molar-refractivity contribution < 1.29 is 4.74 Å². The minimum Gasteiger partial charge on any atom is -0.379 e. The molecule has 0 aromatic rings. The lowest BCUT2D eigenvalue weighted by Crippen LogP contribution is -2.63. The third-order valence-electron chi connectivity index (χ3n) is 4.30. The van der Waals surface area contributed by atoms with E-state index in [2.05, 4.69) is 37.9 Å². The van der Waals surface area contributed by atoms with Crippen LogP contribution in [0.2, 0.25) is 0 Å². The fraction of sp³-hybridized carbons (Fsp3) is 1.00. The highest BCUT2D eigenvalue weighted by molar-refractivity contribution is 4.97. The molecule has 2 saturated heterocycles. The first-order chi connectivity index (χ1) is 8.01. The van der Waals surface area contributed by atoms with E-state index in [9.17, 15) is 0 Å². The monoisotopic (exact) mass is 240 g/mol. The second-order valence-electron chi connectivity index (χ2n) is 6.54. The van der Waals surface area contributed by atoms with Crippen LogP contribution in [0.15, 0.2) is 0 Å². The number of piperazine rings is 1. The molecule has 2 heterocycles. The van der Waals surface area contributed by atoms with E-state index in [1.807, 2.05) is 0 Å². The zero-order valence-electron chi connectivity index (χ0n) is 11.8. The third kappa shape index (κ3) is 3.01. The van der Waals surface area contributed by atoms with Crippen molar-refractivity contribution in [1.29, 1.82) is 0 Å². The molecular weight excluding hydrogens is 212 g/mol. The van der Waals surface area contributed by atoms with E-state index < -0.39 is 0 Å². The van der Waals surface area contributed by atoms with Crippen LogP contribution in [0.3, 0.4) is 0 Å². The minimum atomic E-state index is 0.275. The molecular formula is C14H28N2O. The summed E-state index contributed by atoms with van der Waals surface area (Å²) in [5.74, 6) is 0.774. The summed E-state index contributed by atoms with van der Waals surface area (Å²) in [4.78, 5) is 2.68. The Morgan fingerprint density at radius 2 is 2.24 bits per heavy atom. The molecule has 0 radical (unpaired) electrons. The van der Waals surface area contributed by atoms with Crippen LogP contribution in [0.4, 0.5) is 0 Å². The molecule has 0 amide bonds. The Hall–Kier alpha value is -0.120. The zero-order chi connectivity index (χ0) is 12.5. The molecule has 0 saturated carbocycles. The van der Waals surface area contributed by atoms with E-state index in [-0.39, 0.29) is 5.54 Å². The van der Waals surface area contributed by atoms with Crippen LogP contribution in [0.5, 0.6) is 0 Å². The lowest BCUT2D eigenvalue weighted by atomic mass is 9.92. The number of nitrogens with one attached hydrogen (secondary N) is 1. The largest absolute Gasteiger partial charge is 0.379 e. The molecule has 3 heteroatoms. The van der Waals surface area contributed by atoms with Crippen molar-refractivity contribution in [2.75, 3.05) is 26.3 Å². The highest BCUT2D eigenvalue weighted by Crippen LogP contribution is 2.29. The molecule has 3 atom stereocenters. The van der Waals surface area contributed by atoms with Crippen LogP contribution in [0, 0.1) is 5.92 Å². The summed E-state index contributed by atoms with van der Waals surface area (Å²) in [7, 11) is 0. The lowest BCUT2D eigenvalue weighted by molar-refractivity contribution is 0.0159. The average molecular weight is 240 g/mol. The van der Waals surface area contributed by atoms with Gasteiger partial charge in [0.1, 0.15) is 0 Å². The molecule has 3 unspecified atom stereocenters. The van der Waals surface area contributed by atoms with Crippen molar-refractivity contribution in [2.24, 2.45) is 5.92 Å². The molecule has 0 aliphatic carbocycles. The van der Waals surface area contributed by atoms with Gasteiger partial charge in [0.2, 0.25) is 0 Å². The Kier molecular flexibility index (Phi) is 4.11. The molecule has 2 rings (SSSR count). The van der Waals surface area contributed by atoms with Gasteiger partial charge in [-0.2, -0.15) is 0 Å². The Balaban J connectivity index is 1.99. The Morgan fingerprint density at radius 1 is 1.47 bits per heavy atom. The van der Waals surface area contributed by atoms with Crippen LogP contribution >= 0.6 is 0 Å². The first-order valence-corrected chi connectivity index (χ1v) is 7.09. The van der Waals surface area contributed by atoms with Gasteiger partial charge in [0.25, 0.3) is 0 Å². The molecule has 2 aliphatic rings. The van der Waals surface area contributed by atoms with Gasteiger partial charge in [0, 0.05) is 37.3 Å². The summed E-state index contributed by atoms with van der Waals surface area (Å²) in [6, 6.07) is 1.29. The SMILES string of the molecule is CC(C)CC1CN(C2(C)CCOC2)C(C)CN1. The standard InChI is InChI=1S/C14H28N2O/c1-11(2)7-13-9-16(12(3)8-15-13)14(4)5-6-17-10-14/h11-13,15H,5-10H2,1-4H3. The maximum atomic E-state index is 5.62. The summed E-state index contributed by atoms with van der Waals surface area (Å²) in [5.41, 5.74) is 0.275. The van der Waals surface area contributed by atoms with Crippen LogP contribution in [0.1, 0.15) is 40.5 Å². The van der Waals surface area contributed by atoms with Gasteiger partial charge >= 0.3 is 0 Å². The normalized spacial score (nSPS) is 40.1. The average Bonchev–Trinajstić information content (AvgIpc) is 2.68. The maximum absolute atomic E-state index is 5.62. The van der Waals surface area contributed by atoms with Gasteiger partial charge in [-0.1, -0.05) is 13.8 Å². The fourth-order valence-electron chi connectivity index (χ4n) is 3.29. The summed E-state index contributed by atoms with van der Waals surface area (Å²) in [6.07, 6.45) is 2.46. The molecule has 2 fully saturated rings. The number of rotatable bonds is 3. The minimum absolute atomic E-state index is 0.275. The summed E-state index contributed by atoms with van der Waals surface area (Å²) in [6.45, 7) is 13.5. The van der Waals surface area contributed by atoms with Crippen LogP contribution in [-0.2, 0) is 4.74 Å². The lowest BCUT2D eigenvalue weighted by Gasteiger charge is -2.47. The van der Waals surface area contributed by atoms with E-state index in [1.54, 1.807) is 0 Å². The van der Waals surface area contributed by atoms with Crippen LogP contribution in [0.25, 0.3) is 0 Å². The van der Waals surface area contributed by atoms with Gasteiger partial charge in [-0.25, -0.2) is 0 Å². The summed E-state index contributed by atoms with van der Waals surface area (Å²) in [5, 5.41) is 3.69. The molecule has 0 spiro atoms. The first kappa shape index (κ1) is 13.3. The molecule has 0 bridgehead atoms. The Bertz CT molecular complexity index is 249. The predicted octanol–water partition coefficient (Wildman–Crippen LogP) is 1.87. The fourth-order valence-corrected chi connectivity index (χ4v) is 3.29. The van der Waals surface area contributed by atoms with E-state index in [0.717, 1.165) is 25.7 Å². The van der Waals surface area contributed by atoms with Crippen molar-refractivity contribution in [1.82, 2.24) is 10.2 Å². The number of hydrogen-bond donors (Lipinski definition) is 1. The smallest absolute Gasteiger partial charge is 0.0648 e. The molecule has 100 valence electrons. The van der Waals surface area contributed by atoms with Crippen molar-refractivity contribution in [2.45, 2.75) is 58.2 Å². The highest BCUT2D eigenvalue weighted by atomic mass is 16.5. The highest BCUT2D eigenvalue weighted by Gasteiger charge is 2.41. The van der Waals surface area contributed by atoms with Crippen molar-refractivity contribution in [3.05, 3.63) is 0 Å². The van der Waals surface area contributed by atoms with E-state index in [0.29, 0.717) is 12.1 Å². The molecule has 2 aliphatic heterocycles. The molecule has 0 aromatic carbocycles. The maximum Gasteiger partial charge on any atom is 0.0648 e. The van der Waals surface area contributed by atoms with Crippen molar-refractivity contribution >= 4 is 0 Å². The predicted molar refractivity (Wildman–Crippen MR) is 71.3 cm³/mol. The van der Waals surface area contributed by atoms with Gasteiger partial charge in [0.15, 0.2) is 0 Å².